The van der Waals surface area contributed by atoms with Gasteiger partial charge in [-0.3, -0.25) is 9.10 Å². The Morgan fingerprint density at radius 1 is 1.19 bits per heavy atom. The summed E-state index contributed by atoms with van der Waals surface area (Å²) in [5, 5.41) is 2.84. The van der Waals surface area contributed by atoms with Crippen molar-refractivity contribution in [2.24, 2.45) is 0 Å². The molecule has 0 aliphatic heterocycles. The Morgan fingerprint density at radius 3 is 2.33 bits per heavy atom. The van der Waals surface area contributed by atoms with Gasteiger partial charge in [0.25, 0.3) is 0 Å². The Hall–Kier alpha value is -2.41. The minimum absolute atomic E-state index is 0.309. The van der Waals surface area contributed by atoms with Gasteiger partial charge >= 0.3 is 0 Å². The van der Waals surface area contributed by atoms with Crippen LogP contribution < -0.4 is 9.62 Å². The van der Waals surface area contributed by atoms with E-state index in [0.29, 0.717) is 12.1 Å². The lowest BCUT2D eigenvalue weighted by Gasteiger charge is -2.31. The van der Waals surface area contributed by atoms with Crippen molar-refractivity contribution in [3.8, 4) is 0 Å². The number of benzene rings is 2. The lowest BCUT2D eigenvalue weighted by Crippen LogP contribution is -2.49. The number of anilines is 1. The summed E-state index contributed by atoms with van der Waals surface area (Å²) in [6.07, 6.45) is 1.40. The fourth-order valence-electron chi connectivity index (χ4n) is 2.97. The quantitative estimate of drug-likeness (QED) is 0.784. The van der Waals surface area contributed by atoms with Crippen molar-refractivity contribution >= 4 is 21.6 Å². The van der Waals surface area contributed by atoms with E-state index < -0.39 is 22.0 Å². The minimum Gasteiger partial charge on any atom is -0.348 e. The molecule has 7 heteroatoms. The molecular weight excluding hydrogens is 367 g/mol. The van der Waals surface area contributed by atoms with Crippen LogP contribution in [-0.2, 0) is 14.8 Å². The number of rotatable bonds is 7. The fourth-order valence-corrected chi connectivity index (χ4v) is 4.17. The zero-order valence-corrected chi connectivity index (χ0v) is 16.8. The molecule has 5 nitrogen and oxygen atoms in total. The molecule has 0 aliphatic rings. The van der Waals surface area contributed by atoms with E-state index in [-0.39, 0.29) is 11.9 Å². The first-order valence-corrected chi connectivity index (χ1v) is 10.6. The van der Waals surface area contributed by atoms with E-state index in [1.807, 2.05) is 13.0 Å². The standard InChI is InChI=1S/C20H25FN2O3S/c1-5-19(20(24)22-15(3)16-9-11-17(21)12-10-16)23(27(4,25)26)18-8-6-7-14(2)13-18/h6-13,15,19H,5H2,1-4H3,(H,22,24)/t15-,19-/m1/s1. The Balaban J connectivity index is 2.30. The molecule has 2 aromatic rings. The van der Waals surface area contributed by atoms with Crippen molar-refractivity contribution < 1.29 is 17.6 Å². The lowest BCUT2D eigenvalue weighted by molar-refractivity contribution is -0.122. The Kier molecular flexibility index (Phi) is 6.59. The predicted molar refractivity (Wildman–Crippen MR) is 106 cm³/mol. The van der Waals surface area contributed by atoms with E-state index in [9.17, 15) is 17.6 Å². The van der Waals surface area contributed by atoms with Gasteiger partial charge in [-0.05, 0) is 55.7 Å². The number of nitrogens with zero attached hydrogens (tertiary/aromatic N) is 1. The van der Waals surface area contributed by atoms with Gasteiger partial charge in [-0.2, -0.15) is 0 Å². The highest BCUT2D eigenvalue weighted by Gasteiger charge is 2.32. The van der Waals surface area contributed by atoms with Crippen LogP contribution in [0.3, 0.4) is 0 Å². The van der Waals surface area contributed by atoms with Crippen LogP contribution in [0.25, 0.3) is 0 Å². The summed E-state index contributed by atoms with van der Waals surface area (Å²) in [5.41, 5.74) is 2.09. The van der Waals surface area contributed by atoms with Crippen molar-refractivity contribution in [2.45, 2.75) is 39.3 Å². The second kappa shape index (κ2) is 8.52. The molecule has 0 aliphatic carbocycles. The van der Waals surface area contributed by atoms with E-state index in [2.05, 4.69) is 5.32 Å². The van der Waals surface area contributed by atoms with Crippen LogP contribution in [0.5, 0.6) is 0 Å². The summed E-state index contributed by atoms with van der Waals surface area (Å²) in [5.74, 6) is -0.757. The molecule has 1 N–H and O–H groups in total. The summed E-state index contributed by atoms with van der Waals surface area (Å²) >= 11 is 0. The first kappa shape index (κ1) is 20.9. The number of amides is 1. The van der Waals surface area contributed by atoms with Crippen molar-refractivity contribution in [3.05, 3.63) is 65.5 Å². The van der Waals surface area contributed by atoms with Crippen LogP contribution in [0, 0.1) is 12.7 Å². The summed E-state index contributed by atoms with van der Waals surface area (Å²) in [4.78, 5) is 12.9. The van der Waals surface area contributed by atoms with Crippen LogP contribution in [0.15, 0.2) is 48.5 Å². The average Bonchev–Trinajstić information content (AvgIpc) is 2.58. The van der Waals surface area contributed by atoms with Gasteiger partial charge in [0.1, 0.15) is 11.9 Å². The van der Waals surface area contributed by atoms with Crippen LogP contribution >= 0.6 is 0 Å². The molecule has 0 radical (unpaired) electrons. The number of sulfonamides is 1. The SMILES string of the molecule is CC[C@H](C(=O)N[C@H](C)c1ccc(F)cc1)N(c1cccc(C)c1)S(C)(=O)=O. The molecule has 2 aromatic carbocycles. The third-order valence-corrected chi connectivity index (χ3v) is 5.49. The lowest BCUT2D eigenvalue weighted by atomic mass is 10.1. The maximum Gasteiger partial charge on any atom is 0.244 e. The number of hydrogen-bond acceptors (Lipinski definition) is 3. The monoisotopic (exact) mass is 392 g/mol. The van der Waals surface area contributed by atoms with E-state index in [4.69, 9.17) is 0 Å². The average molecular weight is 392 g/mol. The van der Waals surface area contributed by atoms with Gasteiger partial charge in [0, 0.05) is 0 Å². The van der Waals surface area contributed by atoms with Crippen LogP contribution in [0.4, 0.5) is 10.1 Å². The largest absolute Gasteiger partial charge is 0.348 e. The van der Waals surface area contributed by atoms with Gasteiger partial charge in [-0.15, -0.1) is 0 Å². The minimum atomic E-state index is -3.67. The molecule has 0 saturated heterocycles. The highest BCUT2D eigenvalue weighted by Crippen LogP contribution is 2.24. The molecule has 0 aromatic heterocycles. The highest BCUT2D eigenvalue weighted by atomic mass is 32.2. The number of carbonyl (C=O) groups excluding carboxylic acids is 1. The Morgan fingerprint density at radius 2 is 1.81 bits per heavy atom. The van der Waals surface area contributed by atoms with Crippen LogP contribution in [-0.4, -0.2) is 26.6 Å². The van der Waals surface area contributed by atoms with E-state index in [1.165, 1.54) is 12.1 Å². The molecule has 0 heterocycles. The molecule has 0 fully saturated rings. The number of carbonyl (C=O) groups is 1. The molecule has 2 rings (SSSR count). The third-order valence-electron chi connectivity index (χ3n) is 4.31. The molecule has 0 unspecified atom stereocenters. The van der Waals surface area contributed by atoms with Crippen molar-refractivity contribution in [3.63, 3.8) is 0 Å². The highest BCUT2D eigenvalue weighted by molar-refractivity contribution is 7.92. The normalized spacial score (nSPS) is 13.7. The zero-order chi connectivity index (χ0) is 20.2. The second-order valence-electron chi connectivity index (χ2n) is 6.60. The summed E-state index contributed by atoms with van der Waals surface area (Å²) in [6.45, 7) is 5.40. The fraction of sp³-hybridized carbons (Fsp3) is 0.350. The number of hydrogen-bond donors (Lipinski definition) is 1. The van der Waals surface area contributed by atoms with Gasteiger partial charge < -0.3 is 5.32 Å². The first-order valence-electron chi connectivity index (χ1n) is 8.75. The Labute approximate surface area is 160 Å². The number of aryl methyl sites for hydroxylation is 1. The molecule has 0 bridgehead atoms. The second-order valence-corrected chi connectivity index (χ2v) is 8.46. The maximum atomic E-state index is 13.1. The molecule has 27 heavy (non-hydrogen) atoms. The predicted octanol–water partition coefficient (Wildman–Crippen LogP) is 3.56. The first-order chi connectivity index (χ1) is 12.6. The maximum absolute atomic E-state index is 13.1. The molecule has 1 amide bonds. The van der Waals surface area contributed by atoms with Gasteiger partial charge in [-0.1, -0.05) is 31.2 Å². The molecular formula is C20H25FN2O3S. The van der Waals surface area contributed by atoms with Crippen LogP contribution in [0.2, 0.25) is 0 Å². The van der Waals surface area contributed by atoms with Gasteiger partial charge in [0.05, 0.1) is 18.0 Å². The number of nitrogens with one attached hydrogen (secondary N) is 1. The number of halogens is 1. The summed E-state index contributed by atoms with van der Waals surface area (Å²) < 4.78 is 39.1. The smallest absolute Gasteiger partial charge is 0.244 e. The van der Waals surface area contributed by atoms with Crippen molar-refractivity contribution in [1.29, 1.82) is 0 Å². The third kappa shape index (κ3) is 5.29. The van der Waals surface area contributed by atoms with Gasteiger partial charge in [-0.25, -0.2) is 12.8 Å². The van der Waals surface area contributed by atoms with Crippen molar-refractivity contribution in [1.82, 2.24) is 5.32 Å². The van der Waals surface area contributed by atoms with Gasteiger partial charge in [0.2, 0.25) is 15.9 Å². The molecule has 0 saturated carbocycles. The summed E-state index contributed by atoms with van der Waals surface area (Å²) in [6, 6.07) is 11.6. The molecule has 146 valence electrons. The topological polar surface area (TPSA) is 66.5 Å². The van der Waals surface area contributed by atoms with Crippen molar-refractivity contribution in [2.75, 3.05) is 10.6 Å². The summed E-state index contributed by atoms with van der Waals surface area (Å²) in [7, 11) is -3.67. The molecule has 2 atom stereocenters. The van der Waals surface area contributed by atoms with E-state index in [1.54, 1.807) is 44.2 Å². The van der Waals surface area contributed by atoms with Gasteiger partial charge in [0.15, 0.2) is 0 Å². The zero-order valence-electron chi connectivity index (χ0n) is 15.9. The Bertz CT molecular complexity index is 898. The van der Waals surface area contributed by atoms with E-state index in [0.717, 1.165) is 21.7 Å². The van der Waals surface area contributed by atoms with E-state index >= 15 is 0 Å². The molecule has 0 spiro atoms. The van der Waals surface area contributed by atoms with Crippen LogP contribution in [0.1, 0.15) is 37.4 Å².